The summed E-state index contributed by atoms with van der Waals surface area (Å²) in [5.41, 5.74) is 11.5. The lowest BCUT2D eigenvalue weighted by Gasteiger charge is -2.18. The van der Waals surface area contributed by atoms with Crippen LogP contribution in [0.5, 0.6) is 17.2 Å². The van der Waals surface area contributed by atoms with Crippen LogP contribution in [0.2, 0.25) is 0 Å². The third-order valence-electron chi connectivity index (χ3n) is 6.00. The van der Waals surface area contributed by atoms with Gasteiger partial charge in [0.25, 0.3) is 0 Å². The van der Waals surface area contributed by atoms with Gasteiger partial charge in [-0.15, -0.1) is 0 Å². The fourth-order valence-electron chi connectivity index (χ4n) is 4.05. The van der Waals surface area contributed by atoms with Gasteiger partial charge in [0.1, 0.15) is 17.2 Å². The van der Waals surface area contributed by atoms with Crippen LogP contribution in [0.25, 0.3) is 11.6 Å². The minimum atomic E-state index is -0.485. The van der Waals surface area contributed by atoms with Crippen LogP contribution in [0, 0.1) is 0 Å². The van der Waals surface area contributed by atoms with Crippen molar-refractivity contribution in [1.82, 2.24) is 0 Å². The van der Waals surface area contributed by atoms with Gasteiger partial charge in [-0.2, -0.15) is 0 Å². The average Bonchev–Trinajstić information content (AvgIpc) is 2.89. The number of nitrogen functional groups attached to an aromatic ring is 1. The topological polar surface area (TPSA) is 98.9 Å². The number of carbonyl (C=O) groups excluding carboxylic acids is 2. The number of aryl methyl sites for hydroxylation is 1. The van der Waals surface area contributed by atoms with Crippen molar-refractivity contribution in [2.75, 3.05) is 5.73 Å². The van der Waals surface area contributed by atoms with Gasteiger partial charge in [0.15, 0.2) is 0 Å². The summed E-state index contributed by atoms with van der Waals surface area (Å²) in [6.07, 6.45) is 3.77. The normalized spacial score (nSPS) is 12.3. The van der Waals surface area contributed by atoms with Gasteiger partial charge >= 0.3 is 11.9 Å². The molecule has 4 aromatic rings. The Morgan fingerprint density at radius 3 is 1.94 bits per heavy atom. The second-order valence-electron chi connectivity index (χ2n) is 8.50. The summed E-state index contributed by atoms with van der Waals surface area (Å²) in [6.45, 7) is 0. The minimum Gasteiger partial charge on any atom is -0.508 e. The fourth-order valence-corrected chi connectivity index (χ4v) is 4.05. The van der Waals surface area contributed by atoms with Crippen molar-refractivity contribution in [3.05, 3.63) is 119 Å². The maximum Gasteiger partial charge on any atom is 0.343 e. The SMILES string of the molecule is Nc1ccc(C(=O)Oc2ccc3c(c2)CCC(c2ccc(OC(=O)c4ccc(O)cc4)cc2)=C3)cc1. The Morgan fingerprint density at radius 1 is 0.694 bits per heavy atom. The number of rotatable bonds is 5. The number of aromatic hydroxyl groups is 1. The molecule has 0 unspecified atom stereocenters. The quantitative estimate of drug-likeness (QED) is 0.211. The molecule has 0 atom stereocenters. The Bertz CT molecular complexity index is 1450. The summed E-state index contributed by atoms with van der Waals surface area (Å²) in [5.74, 6) is 0.136. The lowest BCUT2D eigenvalue weighted by molar-refractivity contribution is 0.0725. The van der Waals surface area contributed by atoms with E-state index in [9.17, 15) is 14.7 Å². The molecular formula is C30H23NO5. The van der Waals surface area contributed by atoms with E-state index in [4.69, 9.17) is 15.2 Å². The van der Waals surface area contributed by atoms with Crippen LogP contribution >= 0.6 is 0 Å². The predicted molar refractivity (Wildman–Crippen MR) is 138 cm³/mol. The second kappa shape index (κ2) is 9.80. The highest BCUT2D eigenvalue weighted by Gasteiger charge is 2.15. The number of hydrogen-bond acceptors (Lipinski definition) is 6. The summed E-state index contributed by atoms with van der Waals surface area (Å²) in [4.78, 5) is 24.7. The Hall–Kier alpha value is -4.84. The zero-order valence-electron chi connectivity index (χ0n) is 19.3. The second-order valence-corrected chi connectivity index (χ2v) is 8.50. The van der Waals surface area contributed by atoms with Crippen molar-refractivity contribution < 1.29 is 24.2 Å². The molecular weight excluding hydrogens is 454 g/mol. The number of benzene rings is 4. The van der Waals surface area contributed by atoms with Crippen molar-refractivity contribution in [2.45, 2.75) is 12.8 Å². The Balaban J connectivity index is 1.26. The molecule has 0 amide bonds. The third kappa shape index (κ3) is 5.13. The predicted octanol–water partition coefficient (Wildman–Crippen LogP) is 5.90. The first-order valence-corrected chi connectivity index (χ1v) is 11.5. The molecule has 178 valence electrons. The molecule has 36 heavy (non-hydrogen) atoms. The van der Waals surface area contributed by atoms with Crippen LogP contribution in [0.3, 0.4) is 0 Å². The van der Waals surface area contributed by atoms with Crippen LogP contribution in [-0.2, 0) is 6.42 Å². The Kier molecular flexibility index (Phi) is 6.24. The first-order valence-electron chi connectivity index (χ1n) is 11.5. The van der Waals surface area contributed by atoms with E-state index in [1.54, 1.807) is 42.5 Å². The molecule has 6 heteroatoms. The number of nitrogens with two attached hydrogens (primary N) is 1. The standard InChI is InChI=1S/C30H23NO5/c31-25-10-3-20(4-11-25)30(34)36-28-16-9-23-17-22(1-2-24(23)18-28)19-7-14-27(15-8-19)35-29(33)21-5-12-26(32)13-6-21/h3-18,32H,1-2,31H2. The molecule has 0 saturated heterocycles. The van der Waals surface area contributed by atoms with Crippen molar-refractivity contribution in [3.8, 4) is 17.2 Å². The first kappa shape index (κ1) is 22.9. The van der Waals surface area contributed by atoms with Gasteiger partial charge in [-0.1, -0.05) is 24.3 Å². The summed E-state index contributed by atoms with van der Waals surface area (Å²) in [5, 5.41) is 9.36. The van der Waals surface area contributed by atoms with Crippen molar-refractivity contribution in [1.29, 1.82) is 0 Å². The molecule has 0 aromatic heterocycles. The van der Waals surface area contributed by atoms with E-state index in [1.807, 2.05) is 24.3 Å². The third-order valence-corrected chi connectivity index (χ3v) is 6.00. The maximum absolute atomic E-state index is 12.4. The number of ether oxygens (including phenoxy) is 2. The van der Waals surface area contributed by atoms with E-state index >= 15 is 0 Å². The van der Waals surface area contributed by atoms with Gasteiger partial charge in [-0.3, -0.25) is 0 Å². The molecule has 6 nitrogen and oxygen atoms in total. The highest BCUT2D eigenvalue weighted by atomic mass is 16.5. The number of carbonyl (C=O) groups is 2. The Morgan fingerprint density at radius 2 is 1.28 bits per heavy atom. The largest absolute Gasteiger partial charge is 0.508 e. The van der Waals surface area contributed by atoms with Crippen molar-refractivity contribution >= 4 is 29.3 Å². The van der Waals surface area contributed by atoms with Gasteiger partial charge in [0.05, 0.1) is 11.1 Å². The number of phenols is 1. The molecule has 0 radical (unpaired) electrons. The van der Waals surface area contributed by atoms with Crippen LogP contribution in [0.1, 0.15) is 43.8 Å². The number of fused-ring (bicyclic) bond motifs is 1. The molecule has 0 saturated carbocycles. The zero-order valence-corrected chi connectivity index (χ0v) is 19.3. The van der Waals surface area contributed by atoms with Gasteiger partial charge in [-0.05, 0) is 108 Å². The molecule has 5 rings (SSSR count). The summed E-state index contributed by atoms with van der Waals surface area (Å²) < 4.78 is 11.0. The van der Waals surface area contributed by atoms with Gasteiger partial charge in [0.2, 0.25) is 0 Å². The van der Waals surface area contributed by atoms with E-state index in [2.05, 4.69) is 6.08 Å². The summed E-state index contributed by atoms with van der Waals surface area (Å²) in [7, 11) is 0. The maximum atomic E-state index is 12.4. The van der Waals surface area contributed by atoms with Crippen LogP contribution < -0.4 is 15.2 Å². The minimum absolute atomic E-state index is 0.0913. The smallest absolute Gasteiger partial charge is 0.343 e. The molecule has 0 aliphatic heterocycles. The molecule has 4 aromatic carbocycles. The molecule has 0 spiro atoms. The molecule has 1 aliphatic rings. The van der Waals surface area contributed by atoms with E-state index in [0.29, 0.717) is 28.3 Å². The number of allylic oxidation sites excluding steroid dienone is 1. The van der Waals surface area contributed by atoms with E-state index in [0.717, 1.165) is 29.5 Å². The van der Waals surface area contributed by atoms with E-state index in [1.165, 1.54) is 29.8 Å². The first-order chi connectivity index (χ1) is 17.4. The average molecular weight is 478 g/mol. The molecule has 0 heterocycles. The van der Waals surface area contributed by atoms with E-state index in [-0.39, 0.29) is 5.75 Å². The molecule has 3 N–H and O–H groups in total. The fraction of sp³-hybridized carbons (Fsp3) is 0.0667. The van der Waals surface area contributed by atoms with Crippen LogP contribution in [0.15, 0.2) is 91.0 Å². The van der Waals surface area contributed by atoms with Gasteiger partial charge in [0, 0.05) is 5.69 Å². The molecule has 0 fully saturated rings. The van der Waals surface area contributed by atoms with Crippen LogP contribution in [-0.4, -0.2) is 17.0 Å². The number of anilines is 1. The summed E-state index contributed by atoms with van der Waals surface area (Å²) >= 11 is 0. The highest BCUT2D eigenvalue weighted by Crippen LogP contribution is 2.33. The highest BCUT2D eigenvalue weighted by molar-refractivity contribution is 5.92. The number of esters is 2. The van der Waals surface area contributed by atoms with Gasteiger partial charge in [-0.25, -0.2) is 9.59 Å². The molecule has 1 aliphatic carbocycles. The van der Waals surface area contributed by atoms with Crippen molar-refractivity contribution in [3.63, 3.8) is 0 Å². The van der Waals surface area contributed by atoms with Crippen molar-refractivity contribution in [2.24, 2.45) is 0 Å². The Labute approximate surface area is 208 Å². The lowest BCUT2D eigenvalue weighted by atomic mass is 9.88. The lowest BCUT2D eigenvalue weighted by Crippen LogP contribution is -2.09. The molecule has 0 bridgehead atoms. The zero-order chi connectivity index (χ0) is 25.1. The van der Waals surface area contributed by atoms with Gasteiger partial charge < -0.3 is 20.3 Å². The van der Waals surface area contributed by atoms with Crippen LogP contribution in [0.4, 0.5) is 5.69 Å². The van der Waals surface area contributed by atoms with E-state index < -0.39 is 11.9 Å². The monoisotopic (exact) mass is 477 g/mol. The number of hydrogen-bond donors (Lipinski definition) is 2. The summed E-state index contributed by atoms with van der Waals surface area (Å²) in [6, 6.07) is 25.6. The number of phenolic OH excluding ortho intramolecular Hbond substituents is 1.